The quantitative estimate of drug-likeness (QED) is 0.0509. The number of rotatable bonds is 21. The van der Waals surface area contributed by atoms with Gasteiger partial charge in [-0.2, -0.15) is 0 Å². The lowest BCUT2D eigenvalue weighted by atomic mass is 9.43. The van der Waals surface area contributed by atoms with Crippen LogP contribution in [0.15, 0.2) is 0 Å². The predicted octanol–water partition coefficient (Wildman–Crippen LogP) is 8.66. The van der Waals surface area contributed by atoms with Crippen molar-refractivity contribution in [3.8, 4) is 0 Å². The van der Waals surface area contributed by atoms with E-state index in [1.54, 1.807) is 0 Å². The maximum Gasteiger partial charge on any atom is 0.305 e. The van der Waals surface area contributed by atoms with Gasteiger partial charge in [0.1, 0.15) is 31.0 Å². The molecule has 0 spiro atoms. The van der Waals surface area contributed by atoms with Crippen LogP contribution in [0, 0.1) is 52.3 Å². The fraction of sp³-hybridized carbons (Fsp3) is 0.957. The molecule has 324 valence electrons. The van der Waals surface area contributed by atoms with Crippen LogP contribution in [0.3, 0.4) is 0 Å². The second-order valence-electron chi connectivity index (χ2n) is 20.3. The topological polar surface area (TPSA) is 149 Å². The first-order valence-corrected chi connectivity index (χ1v) is 23.5. The van der Waals surface area contributed by atoms with Gasteiger partial charge in [0, 0.05) is 12.3 Å². The van der Waals surface area contributed by atoms with Crippen LogP contribution < -0.4 is 5.73 Å². The summed E-state index contributed by atoms with van der Waals surface area (Å²) in [6.45, 7) is 13.9. The molecule has 0 amide bonds. The van der Waals surface area contributed by atoms with Crippen LogP contribution >= 0.6 is 0 Å². The van der Waals surface area contributed by atoms with E-state index < -0.39 is 36.7 Å². The van der Waals surface area contributed by atoms with Crippen LogP contribution in [0.4, 0.5) is 0 Å². The van der Waals surface area contributed by atoms with Crippen LogP contribution in [-0.4, -0.2) is 76.5 Å². The number of ketones is 1. The van der Waals surface area contributed by atoms with Gasteiger partial charge in [0.15, 0.2) is 12.1 Å². The summed E-state index contributed by atoms with van der Waals surface area (Å²) >= 11 is 0. The summed E-state index contributed by atoms with van der Waals surface area (Å²) in [5, 5.41) is 33.6. The molecule has 56 heavy (non-hydrogen) atoms. The van der Waals surface area contributed by atoms with E-state index in [0.29, 0.717) is 36.5 Å². The summed E-state index contributed by atoms with van der Waals surface area (Å²) in [5.41, 5.74) is 6.31. The summed E-state index contributed by atoms with van der Waals surface area (Å²) in [4.78, 5) is 26.8. The Hall–Kier alpha value is -1.10. The van der Waals surface area contributed by atoms with Gasteiger partial charge in [-0.25, -0.2) is 0 Å². The number of unbranched alkanes of at least 4 members (excludes halogenated alkanes) is 10. The Labute approximate surface area is 340 Å². The van der Waals surface area contributed by atoms with Crippen molar-refractivity contribution in [2.75, 3.05) is 6.61 Å². The fourth-order valence-electron chi connectivity index (χ4n) is 12.7. The molecule has 0 radical (unpaired) electrons. The number of hydrogen-bond acceptors (Lipinski definition) is 9. The molecule has 4 aliphatic carbocycles. The number of nitrogens with two attached hydrogens (primary N) is 1. The normalized spacial score (nSPS) is 40.2. The first kappa shape index (κ1) is 46.0. The molecule has 0 aromatic rings. The fourth-order valence-corrected chi connectivity index (χ4v) is 12.7. The zero-order valence-electron chi connectivity index (χ0n) is 36.3. The van der Waals surface area contributed by atoms with E-state index >= 15 is 0 Å². The molecule has 1 aliphatic heterocycles. The zero-order valence-corrected chi connectivity index (χ0v) is 36.3. The largest absolute Gasteiger partial charge is 0.463 e. The number of aliphatic hydroxyl groups excluding tert-OH is 3. The minimum Gasteiger partial charge on any atom is -0.463 e. The molecule has 0 aromatic carbocycles. The first-order chi connectivity index (χ1) is 26.7. The third-order valence-corrected chi connectivity index (χ3v) is 16.1. The van der Waals surface area contributed by atoms with Gasteiger partial charge in [0.25, 0.3) is 0 Å². The molecule has 6 unspecified atom stereocenters. The highest BCUT2D eigenvalue weighted by molar-refractivity contribution is 5.87. The molecule has 5 fully saturated rings. The maximum absolute atomic E-state index is 14.2. The minimum absolute atomic E-state index is 0.0120. The summed E-state index contributed by atoms with van der Waals surface area (Å²) in [6.07, 6.45) is 17.9. The molecule has 5 aliphatic rings. The van der Waals surface area contributed by atoms with Gasteiger partial charge >= 0.3 is 5.97 Å². The molecule has 0 aromatic heterocycles. The molecule has 1 saturated heterocycles. The predicted molar refractivity (Wildman–Crippen MR) is 220 cm³/mol. The zero-order chi connectivity index (χ0) is 40.6. The van der Waals surface area contributed by atoms with Crippen molar-refractivity contribution in [3.63, 3.8) is 0 Å². The number of carbonyl (C=O) groups excluding carboxylic acids is 2. The van der Waals surface area contributed by atoms with E-state index in [2.05, 4.69) is 41.5 Å². The molecule has 9 nitrogen and oxygen atoms in total. The molecule has 1 heterocycles. The second-order valence-corrected chi connectivity index (χ2v) is 20.3. The summed E-state index contributed by atoms with van der Waals surface area (Å²) in [6, 6.07) is -1.00. The minimum atomic E-state index is -1.32. The molecule has 5 N–H and O–H groups in total. The van der Waals surface area contributed by atoms with Gasteiger partial charge < -0.3 is 35.3 Å². The summed E-state index contributed by atoms with van der Waals surface area (Å²) in [5.74, 6) is 2.02. The van der Waals surface area contributed by atoms with Gasteiger partial charge in [-0.15, -0.1) is 0 Å². The van der Waals surface area contributed by atoms with E-state index in [1.807, 2.05) is 0 Å². The van der Waals surface area contributed by atoms with Gasteiger partial charge in [0.2, 0.25) is 0 Å². The van der Waals surface area contributed by atoms with Gasteiger partial charge in [-0.1, -0.05) is 125 Å². The molecular weight excluding hydrogens is 707 g/mol. The van der Waals surface area contributed by atoms with Crippen LogP contribution in [0.1, 0.15) is 183 Å². The highest BCUT2D eigenvalue weighted by Crippen LogP contribution is 2.68. The van der Waals surface area contributed by atoms with E-state index in [9.17, 15) is 24.9 Å². The van der Waals surface area contributed by atoms with E-state index in [0.717, 1.165) is 57.3 Å². The number of esters is 1. The van der Waals surface area contributed by atoms with Crippen molar-refractivity contribution in [1.29, 1.82) is 0 Å². The van der Waals surface area contributed by atoms with Crippen LogP contribution in [-0.2, 0) is 23.8 Å². The Kier molecular flexibility index (Phi) is 17.2. The lowest BCUT2D eigenvalue weighted by molar-refractivity contribution is -0.285. The van der Waals surface area contributed by atoms with Crippen LogP contribution in [0.2, 0.25) is 0 Å². The van der Waals surface area contributed by atoms with Crippen LogP contribution in [0.5, 0.6) is 0 Å². The van der Waals surface area contributed by atoms with Crippen LogP contribution in [0.25, 0.3) is 0 Å². The highest BCUT2D eigenvalue weighted by Gasteiger charge is 2.65. The summed E-state index contributed by atoms with van der Waals surface area (Å²) < 4.78 is 18.0. The molecule has 9 heteroatoms. The Morgan fingerprint density at radius 1 is 0.821 bits per heavy atom. The van der Waals surface area contributed by atoms with Crippen molar-refractivity contribution in [1.82, 2.24) is 0 Å². The Morgan fingerprint density at radius 3 is 2.11 bits per heavy atom. The van der Waals surface area contributed by atoms with Gasteiger partial charge in [-0.3, -0.25) is 9.59 Å². The Morgan fingerprint density at radius 2 is 1.45 bits per heavy atom. The molecule has 5 rings (SSSR count). The Bertz CT molecular complexity index is 1230. The number of aliphatic hydroxyl groups is 3. The van der Waals surface area contributed by atoms with Crippen molar-refractivity contribution in [2.24, 2.45) is 58.0 Å². The highest BCUT2D eigenvalue weighted by atomic mass is 16.7. The standard InChI is InChI=1S/C47H83NO8/c1-7-8-9-10-11-12-13-14-15-16-17-21-38(49)54-29-37-42(51)44(53)40(48)45(56-37)55-32-24-26-47(6)35-25-27-46(5)33(31(4)20-18-19-30(2)3)22-23-34(46)39(35)43(52)41(50)36(47)28-32/h30-37,39-40,42-45,51-53H,7-29,48H2,1-6H3/t31-,32?,33-,34?,35?,36?,37-,39?,40-,42-,43?,44-,45+,46-,47-/m1/s1. The average molecular weight is 790 g/mol. The van der Waals surface area contributed by atoms with Gasteiger partial charge in [-0.05, 0) is 97.7 Å². The van der Waals surface area contributed by atoms with Crippen molar-refractivity contribution in [2.45, 2.75) is 226 Å². The molecule has 0 bridgehead atoms. The third kappa shape index (κ3) is 10.6. The Balaban J connectivity index is 1.09. The van der Waals surface area contributed by atoms with E-state index in [1.165, 1.54) is 77.0 Å². The monoisotopic (exact) mass is 790 g/mol. The number of carbonyl (C=O) groups is 2. The SMILES string of the molecule is CCCCCCCCCCCCCC(=O)OC[C@H]1O[C@H](OC2CC[C@@]3(C)C(C2)C(=O)C(O)C2C3CC[C@@]3(C)C2CC[C@@H]3[C@H](C)CCCC(C)C)[C@H](N)[C@@H](O)[C@@H]1O. The number of Topliss-reactive ketones (excluding diaryl/α,β-unsaturated/α-hetero) is 1. The molecule has 4 saturated carbocycles. The lowest BCUT2D eigenvalue weighted by Gasteiger charge is -2.61. The number of fused-ring (bicyclic) bond motifs is 5. The number of hydrogen-bond donors (Lipinski definition) is 4. The van der Waals surface area contributed by atoms with Crippen molar-refractivity contribution in [3.05, 3.63) is 0 Å². The van der Waals surface area contributed by atoms with E-state index in [-0.39, 0.29) is 47.1 Å². The third-order valence-electron chi connectivity index (χ3n) is 16.1. The number of ether oxygens (including phenoxy) is 3. The smallest absolute Gasteiger partial charge is 0.305 e. The lowest BCUT2D eigenvalue weighted by Crippen LogP contribution is -2.64. The van der Waals surface area contributed by atoms with E-state index in [4.69, 9.17) is 19.9 Å². The van der Waals surface area contributed by atoms with Gasteiger partial charge in [0.05, 0.1) is 12.1 Å². The molecular formula is C47H83NO8. The maximum atomic E-state index is 14.2. The average Bonchev–Trinajstić information content (AvgIpc) is 3.53. The summed E-state index contributed by atoms with van der Waals surface area (Å²) in [7, 11) is 0. The van der Waals surface area contributed by atoms with Crippen molar-refractivity contribution >= 4 is 11.8 Å². The molecule has 15 atom stereocenters. The second kappa shape index (κ2) is 20.9. The first-order valence-electron chi connectivity index (χ1n) is 23.5. The van der Waals surface area contributed by atoms with Crippen molar-refractivity contribution < 1.29 is 39.1 Å².